The van der Waals surface area contributed by atoms with E-state index >= 15 is 0 Å². The Bertz CT molecular complexity index is 852. The molecule has 0 fully saturated rings. The van der Waals surface area contributed by atoms with Crippen molar-refractivity contribution < 1.29 is 32.3 Å². The maximum Gasteiger partial charge on any atom is 0.338 e. The number of Topliss-reactive ketones (excluding diaryl/α,β-unsaturated/α-hetero) is 1. The maximum absolute atomic E-state index is 13.9. The summed E-state index contributed by atoms with van der Waals surface area (Å²) < 4.78 is 44.4. The van der Waals surface area contributed by atoms with Gasteiger partial charge in [0.2, 0.25) is 11.7 Å². The smallest absolute Gasteiger partial charge is 0.338 e. The van der Waals surface area contributed by atoms with Gasteiger partial charge in [-0.05, 0) is 36.4 Å². The molecule has 8 heteroatoms. The summed E-state index contributed by atoms with van der Waals surface area (Å²) in [4.78, 5) is 34.5. The van der Waals surface area contributed by atoms with Crippen molar-refractivity contribution >= 4 is 23.3 Å². The second-order valence-electron chi connectivity index (χ2n) is 5.00. The van der Waals surface area contributed by atoms with E-state index in [1.807, 2.05) is 0 Å². The van der Waals surface area contributed by atoms with Crippen molar-refractivity contribution in [1.29, 1.82) is 0 Å². The number of amides is 1. The predicted octanol–water partition coefficient (Wildman–Crippen LogP) is 3.10. The molecule has 0 radical (unpaired) electrons. The zero-order chi connectivity index (χ0) is 18.6. The molecule has 130 valence electrons. The van der Waals surface area contributed by atoms with Gasteiger partial charge in [-0.25, -0.2) is 18.0 Å². The van der Waals surface area contributed by atoms with Crippen LogP contribution in [-0.2, 0) is 9.53 Å². The third-order valence-electron chi connectivity index (χ3n) is 3.08. The van der Waals surface area contributed by atoms with Crippen LogP contribution in [0.1, 0.15) is 27.6 Å². The lowest BCUT2D eigenvalue weighted by Crippen LogP contribution is -2.16. The molecule has 0 spiro atoms. The molecule has 0 aliphatic heterocycles. The zero-order valence-corrected chi connectivity index (χ0v) is 12.9. The van der Waals surface area contributed by atoms with Crippen LogP contribution in [0.15, 0.2) is 36.4 Å². The number of hydrogen-bond acceptors (Lipinski definition) is 4. The summed E-state index contributed by atoms with van der Waals surface area (Å²) in [5, 5.41) is 2.35. The second kappa shape index (κ2) is 7.61. The van der Waals surface area contributed by atoms with Crippen LogP contribution in [-0.4, -0.2) is 24.3 Å². The molecule has 5 nitrogen and oxygen atoms in total. The number of esters is 1. The fraction of sp³-hybridized carbons (Fsp3) is 0.118. The molecule has 0 bridgehead atoms. The van der Waals surface area contributed by atoms with Gasteiger partial charge in [-0.3, -0.25) is 9.59 Å². The van der Waals surface area contributed by atoms with E-state index in [0.29, 0.717) is 6.07 Å². The Morgan fingerprint density at radius 1 is 0.960 bits per heavy atom. The monoisotopic (exact) mass is 351 g/mol. The van der Waals surface area contributed by atoms with Gasteiger partial charge in [-0.1, -0.05) is 0 Å². The Morgan fingerprint density at radius 2 is 1.68 bits per heavy atom. The average Bonchev–Trinajstić information content (AvgIpc) is 2.54. The molecule has 0 saturated carbocycles. The van der Waals surface area contributed by atoms with E-state index in [1.165, 1.54) is 13.0 Å². The quantitative estimate of drug-likeness (QED) is 0.664. The van der Waals surface area contributed by atoms with Crippen LogP contribution in [0.5, 0.6) is 0 Å². The van der Waals surface area contributed by atoms with Crippen molar-refractivity contribution in [2.75, 3.05) is 11.9 Å². The second-order valence-corrected chi connectivity index (χ2v) is 5.00. The molecule has 0 unspecified atom stereocenters. The number of benzene rings is 2. The maximum atomic E-state index is 13.9. The molecule has 1 N–H and O–H groups in total. The normalized spacial score (nSPS) is 10.2. The van der Waals surface area contributed by atoms with E-state index < -0.39 is 41.7 Å². The minimum absolute atomic E-state index is 0.167. The third-order valence-corrected chi connectivity index (χ3v) is 3.08. The summed E-state index contributed by atoms with van der Waals surface area (Å²) in [7, 11) is 0. The van der Waals surface area contributed by atoms with Gasteiger partial charge >= 0.3 is 5.97 Å². The minimum Gasteiger partial charge on any atom is -0.454 e. The van der Waals surface area contributed by atoms with Gasteiger partial charge in [0.25, 0.3) is 0 Å². The first-order chi connectivity index (χ1) is 11.8. The SMILES string of the molecule is CC(=O)Nc1ccc(C(=O)COC(=O)c2ccc(F)c(F)c2)c(F)c1. The topological polar surface area (TPSA) is 72.5 Å². The number of nitrogens with one attached hydrogen (secondary N) is 1. The summed E-state index contributed by atoms with van der Waals surface area (Å²) in [5.41, 5.74) is -0.458. The molecule has 2 aromatic rings. The van der Waals surface area contributed by atoms with Gasteiger partial charge in [0.05, 0.1) is 11.1 Å². The lowest BCUT2D eigenvalue weighted by atomic mass is 10.1. The van der Waals surface area contributed by atoms with Gasteiger partial charge in [-0.15, -0.1) is 0 Å². The summed E-state index contributed by atoms with van der Waals surface area (Å²) >= 11 is 0. The fourth-order valence-corrected chi connectivity index (χ4v) is 1.94. The molecule has 1 amide bonds. The summed E-state index contributed by atoms with van der Waals surface area (Å²) in [5.74, 6) is -5.56. The van der Waals surface area contributed by atoms with Gasteiger partial charge in [-0.2, -0.15) is 0 Å². The Labute approximate surface area is 140 Å². The number of anilines is 1. The Morgan fingerprint density at radius 3 is 2.28 bits per heavy atom. The number of hydrogen-bond donors (Lipinski definition) is 1. The third kappa shape index (κ3) is 4.66. The van der Waals surface area contributed by atoms with E-state index in [9.17, 15) is 27.6 Å². The molecule has 0 aromatic heterocycles. The summed E-state index contributed by atoms with van der Waals surface area (Å²) in [6, 6.07) is 5.77. The minimum atomic E-state index is -1.24. The fourth-order valence-electron chi connectivity index (χ4n) is 1.94. The molecule has 2 rings (SSSR count). The molecule has 25 heavy (non-hydrogen) atoms. The largest absolute Gasteiger partial charge is 0.454 e. The summed E-state index contributed by atoms with van der Waals surface area (Å²) in [6.45, 7) is 0.461. The molecule has 0 aliphatic carbocycles. The van der Waals surface area contributed by atoms with Gasteiger partial charge in [0.1, 0.15) is 5.82 Å². The van der Waals surface area contributed by atoms with Crippen LogP contribution in [0.4, 0.5) is 18.9 Å². The number of ether oxygens (including phenoxy) is 1. The number of carbonyl (C=O) groups excluding carboxylic acids is 3. The lowest BCUT2D eigenvalue weighted by Gasteiger charge is -2.07. The van der Waals surface area contributed by atoms with Crippen molar-refractivity contribution in [3.05, 3.63) is 65.0 Å². The first-order valence-electron chi connectivity index (χ1n) is 7.00. The van der Waals surface area contributed by atoms with Crippen LogP contribution >= 0.6 is 0 Å². The standard InChI is InChI=1S/C17H12F3NO4/c1-9(22)21-11-3-4-12(14(19)7-11)16(23)8-25-17(24)10-2-5-13(18)15(20)6-10/h2-7H,8H2,1H3,(H,21,22). The molecule has 0 atom stereocenters. The van der Waals surface area contributed by atoms with Gasteiger partial charge < -0.3 is 10.1 Å². The van der Waals surface area contributed by atoms with Crippen molar-refractivity contribution in [2.24, 2.45) is 0 Å². The average molecular weight is 351 g/mol. The highest BCUT2D eigenvalue weighted by Crippen LogP contribution is 2.16. The van der Waals surface area contributed by atoms with Crippen LogP contribution in [0.25, 0.3) is 0 Å². The Kier molecular flexibility index (Phi) is 5.53. The zero-order valence-electron chi connectivity index (χ0n) is 12.9. The highest BCUT2D eigenvalue weighted by Gasteiger charge is 2.17. The molecule has 2 aromatic carbocycles. The highest BCUT2D eigenvalue weighted by molar-refractivity contribution is 6.00. The van der Waals surface area contributed by atoms with E-state index in [0.717, 1.165) is 24.3 Å². The predicted molar refractivity (Wildman–Crippen MR) is 81.7 cm³/mol. The number of halogens is 3. The van der Waals surface area contributed by atoms with Crippen LogP contribution in [0.2, 0.25) is 0 Å². The van der Waals surface area contributed by atoms with E-state index in [-0.39, 0.29) is 16.8 Å². The molecule has 0 saturated heterocycles. The van der Waals surface area contributed by atoms with Crippen LogP contribution in [0, 0.1) is 17.5 Å². The van der Waals surface area contributed by atoms with E-state index in [1.54, 1.807) is 0 Å². The van der Waals surface area contributed by atoms with Gasteiger partial charge in [0.15, 0.2) is 18.2 Å². The molecule has 0 aliphatic rings. The van der Waals surface area contributed by atoms with Crippen molar-refractivity contribution in [1.82, 2.24) is 0 Å². The molecular weight excluding hydrogens is 339 g/mol. The van der Waals surface area contributed by atoms with Crippen molar-refractivity contribution in [3.8, 4) is 0 Å². The highest BCUT2D eigenvalue weighted by atomic mass is 19.2. The number of carbonyl (C=O) groups is 3. The van der Waals surface area contributed by atoms with Gasteiger partial charge in [0, 0.05) is 12.6 Å². The first kappa shape index (κ1) is 18.2. The Hall–Kier alpha value is -3.16. The Balaban J connectivity index is 2.03. The number of rotatable bonds is 5. The summed E-state index contributed by atoms with van der Waals surface area (Å²) in [6.07, 6.45) is 0. The van der Waals surface area contributed by atoms with E-state index in [4.69, 9.17) is 0 Å². The molecule has 0 heterocycles. The van der Waals surface area contributed by atoms with Crippen molar-refractivity contribution in [3.63, 3.8) is 0 Å². The molecular formula is C17H12F3NO4. The van der Waals surface area contributed by atoms with E-state index in [2.05, 4.69) is 10.1 Å². The van der Waals surface area contributed by atoms with Crippen LogP contribution in [0.3, 0.4) is 0 Å². The lowest BCUT2D eigenvalue weighted by molar-refractivity contribution is -0.114. The first-order valence-corrected chi connectivity index (χ1v) is 7.00. The van der Waals surface area contributed by atoms with Crippen molar-refractivity contribution in [2.45, 2.75) is 6.92 Å². The number of ketones is 1. The van der Waals surface area contributed by atoms with Crippen LogP contribution < -0.4 is 5.32 Å².